The van der Waals surface area contributed by atoms with Gasteiger partial charge in [-0.25, -0.2) is 4.79 Å². The van der Waals surface area contributed by atoms with E-state index in [1.807, 2.05) is 18.2 Å². The molecule has 8 nitrogen and oxygen atoms in total. The van der Waals surface area contributed by atoms with E-state index in [-0.39, 0.29) is 18.6 Å². The van der Waals surface area contributed by atoms with Crippen molar-refractivity contribution in [2.75, 3.05) is 33.9 Å². The maximum absolute atomic E-state index is 12.1. The molecule has 1 N–H and O–H groups in total. The van der Waals surface area contributed by atoms with E-state index < -0.39 is 11.7 Å². The summed E-state index contributed by atoms with van der Waals surface area (Å²) in [6.45, 7) is 6.83. The quantitative estimate of drug-likeness (QED) is 0.712. The minimum atomic E-state index is -0.605. The van der Waals surface area contributed by atoms with Crippen molar-refractivity contribution in [3.8, 4) is 11.5 Å². The van der Waals surface area contributed by atoms with Gasteiger partial charge in [0.1, 0.15) is 18.8 Å². The molecule has 0 radical (unpaired) electrons. The van der Waals surface area contributed by atoms with Crippen LogP contribution in [0.1, 0.15) is 39.2 Å². The lowest BCUT2D eigenvalue weighted by Crippen LogP contribution is -2.40. The van der Waals surface area contributed by atoms with Crippen LogP contribution in [-0.2, 0) is 20.8 Å². The lowest BCUT2D eigenvalue weighted by Gasteiger charge is -2.24. The summed E-state index contributed by atoms with van der Waals surface area (Å²) in [5.74, 6) is 0.958. The number of hydrogen-bond donors (Lipinski definition) is 1. The molecule has 2 rings (SSSR count). The van der Waals surface area contributed by atoms with Crippen molar-refractivity contribution in [3.63, 3.8) is 0 Å². The largest absolute Gasteiger partial charge is 0.493 e. The Morgan fingerprint density at radius 3 is 2.66 bits per heavy atom. The highest BCUT2D eigenvalue weighted by Crippen LogP contribution is 2.29. The van der Waals surface area contributed by atoms with E-state index in [4.69, 9.17) is 18.9 Å². The molecule has 0 aliphatic carbocycles. The zero-order valence-corrected chi connectivity index (χ0v) is 17.9. The van der Waals surface area contributed by atoms with Gasteiger partial charge in [0.15, 0.2) is 11.5 Å². The Morgan fingerprint density at radius 2 is 2.03 bits per heavy atom. The van der Waals surface area contributed by atoms with Crippen molar-refractivity contribution < 1.29 is 28.5 Å². The molecule has 1 heterocycles. The highest BCUT2D eigenvalue weighted by Gasteiger charge is 2.21. The number of likely N-dealkylation sites (N-methyl/N-ethyl adjacent to an activating group) is 1. The predicted molar refractivity (Wildman–Crippen MR) is 108 cm³/mol. The molecule has 0 bridgehead atoms. The summed E-state index contributed by atoms with van der Waals surface area (Å²) >= 11 is 0. The fourth-order valence-corrected chi connectivity index (χ4v) is 2.78. The average Bonchev–Trinajstić information content (AvgIpc) is 3.17. The van der Waals surface area contributed by atoms with Gasteiger partial charge in [-0.1, -0.05) is 6.07 Å². The van der Waals surface area contributed by atoms with Crippen LogP contribution < -0.4 is 14.8 Å². The number of amides is 2. The fourth-order valence-electron chi connectivity index (χ4n) is 2.78. The van der Waals surface area contributed by atoms with Gasteiger partial charge in [-0.3, -0.25) is 4.79 Å². The third kappa shape index (κ3) is 7.81. The van der Waals surface area contributed by atoms with Gasteiger partial charge >= 0.3 is 6.09 Å². The van der Waals surface area contributed by atoms with E-state index in [9.17, 15) is 9.59 Å². The minimum Gasteiger partial charge on any atom is -0.493 e. The summed E-state index contributed by atoms with van der Waals surface area (Å²) in [6, 6.07) is 5.51. The molecule has 1 fully saturated rings. The van der Waals surface area contributed by atoms with E-state index >= 15 is 0 Å². The molecule has 1 aliphatic rings. The molecule has 8 heteroatoms. The Labute approximate surface area is 172 Å². The maximum atomic E-state index is 12.1. The summed E-state index contributed by atoms with van der Waals surface area (Å²) in [6.07, 6.45) is 1.65. The lowest BCUT2D eigenvalue weighted by molar-refractivity contribution is -0.122. The Kier molecular flexibility index (Phi) is 8.13. The summed E-state index contributed by atoms with van der Waals surface area (Å²) < 4.78 is 22.0. The summed E-state index contributed by atoms with van der Waals surface area (Å²) in [5, 5.41) is 2.79. The number of hydrogen-bond acceptors (Lipinski definition) is 6. The third-order valence-corrected chi connectivity index (χ3v) is 4.25. The molecular formula is C21H32N2O6. The second-order valence-corrected chi connectivity index (χ2v) is 8.04. The molecule has 162 valence electrons. The van der Waals surface area contributed by atoms with E-state index in [1.165, 1.54) is 11.9 Å². The number of carbonyl (C=O) groups is 2. The topological polar surface area (TPSA) is 86.3 Å². The van der Waals surface area contributed by atoms with Crippen LogP contribution in [0, 0.1) is 0 Å². The number of ether oxygens (including phenoxy) is 4. The van der Waals surface area contributed by atoms with Crippen molar-refractivity contribution >= 4 is 12.0 Å². The molecule has 1 unspecified atom stereocenters. The monoisotopic (exact) mass is 408 g/mol. The van der Waals surface area contributed by atoms with E-state index in [0.717, 1.165) is 25.0 Å². The number of nitrogens with one attached hydrogen (secondary N) is 1. The zero-order chi connectivity index (χ0) is 21.4. The van der Waals surface area contributed by atoms with Gasteiger partial charge in [0.25, 0.3) is 0 Å². The maximum Gasteiger partial charge on any atom is 0.410 e. The first-order valence-electron chi connectivity index (χ1n) is 9.80. The van der Waals surface area contributed by atoms with Crippen molar-refractivity contribution in [3.05, 3.63) is 23.8 Å². The Balaban J connectivity index is 1.83. The van der Waals surface area contributed by atoms with Gasteiger partial charge in [-0.05, 0) is 51.3 Å². The first-order valence-corrected chi connectivity index (χ1v) is 9.80. The molecule has 0 saturated carbocycles. The molecule has 0 spiro atoms. The van der Waals surface area contributed by atoms with Gasteiger partial charge < -0.3 is 29.2 Å². The van der Waals surface area contributed by atoms with Crippen LogP contribution in [0.5, 0.6) is 11.5 Å². The number of carbonyl (C=O) groups excluding carboxylic acids is 2. The molecule has 1 saturated heterocycles. The Bertz CT molecular complexity index is 695. The number of rotatable bonds is 8. The second-order valence-electron chi connectivity index (χ2n) is 8.04. The first-order chi connectivity index (χ1) is 13.7. The summed E-state index contributed by atoms with van der Waals surface area (Å²) in [5.41, 5.74) is 0.256. The van der Waals surface area contributed by atoms with Gasteiger partial charge in [0.2, 0.25) is 5.91 Å². The fraction of sp³-hybridized carbons (Fsp3) is 0.619. The molecule has 1 aromatic carbocycles. The second kappa shape index (κ2) is 10.3. The van der Waals surface area contributed by atoms with Gasteiger partial charge in [0.05, 0.1) is 13.2 Å². The van der Waals surface area contributed by atoms with Crippen LogP contribution in [-0.4, -0.2) is 62.5 Å². The Hall–Kier alpha value is -2.48. The smallest absolute Gasteiger partial charge is 0.410 e. The van der Waals surface area contributed by atoms with Crippen molar-refractivity contribution in [1.82, 2.24) is 10.2 Å². The SMILES string of the molecule is COc1cc(CNC(=O)CN(C)C(=O)OC(C)(C)C)ccc1OCC1CCCO1. The molecule has 1 aliphatic heterocycles. The average molecular weight is 408 g/mol. The molecular weight excluding hydrogens is 376 g/mol. The molecule has 2 amide bonds. The van der Waals surface area contributed by atoms with E-state index in [0.29, 0.717) is 24.7 Å². The lowest BCUT2D eigenvalue weighted by atomic mass is 10.2. The highest BCUT2D eigenvalue weighted by atomic mass is 16.6. The van der Waals surface area contributed by atoms with Crippen molar-refractivity contribution in [2.45, 2.75) is 51.9 Å². The Morgan fingerprint density at radius 1 is 1.28 bits per heavy atom. The van der Waals surface area contributed by atoms with Gasteiger partial charge in [-0.15, -0.1) is 0 Å². The minimum absolute atomic E-state index is 0.0887. The van der Waals surface area contributed by atoms with E-state index in [2.05, 4.69) is 5.32 Å². The number of benzene rings is 1. The normalized spacial score (nSPS) is 16.2. The van der Waals surface area contributed by atoms with Gasteiger partial charge in [0, 0.05) is 20.2 Å². The predicted octanol–water partition coefficient (Wildman–Crippen LogP) is 2.74. The van der Waals surface area contributed by atoms with Crippen LogP contribution in [0.15, 0.2) is 18.2 Å². The zero-order valence-electron chi connectivity index (χ0n) is 17.9. The summed E-state index contributed by atoms with van der Waals surface area (Å²) in [7, 11) is 3.10. The molecule has 1 aromatic rings. The van der Waals surface area contributed by atoms with Crippen molar-refractivity contribution in [2.24, 2.45) is 0 Å². The molecule has 0 aromatic heterocycles. The van der Waals surface area contributed by atoms with Crippen LogP contribution >= 0.6 is 0 Å². The number of nitrogens with zero attached hydrogens (tertiary/aromatic N) is 1. The number of methoxy groups -OCH3 is 1. The van der Waals surface area contributed by atoms with Crippen LogP contribution in [0.3, 0.4) is 0 Å². The molecule has 29 heavy (non-hydrogen) atoms. The van der Waals surface area contributed by atoms with Crippen molar-refractivity contribution in [1.29, 1.82) is 0 Å². The first kappa shape index (κ1) is 22.8. The standard InChI is InChI=1S/C21H32N2O6/c1-21(2,3)29-20(25)23(4)13-19(24)22-12-15-8-9-17(18(11-15)26-5)28-14-16-7-6-10-27-16/h8-9,11,16H,6-7,10,12-14H2,1-5H3,(H,22,24). The van der Waals surface area contributed by atoms with Crippen LogP contribution in [0.2, 0.25) is 0 Å². The highest BCUT2D eigenvalue weighted by molar-refractivity contribution is 5.82. The third-order valence-electron chi connectivity index (χ3n) is 4.25. The molecule has 1 atom stereocenters. The summed E-state index contributed by atoms with van der Waals surface area (Å²) in [4.78, 5) is 25.3. The van der Waals surface area contributed by atoms with Crippen LogP contribution in [0.25, 0.3) is 0 Å². The van der Waals surface area contributed by atoms with Gasteiger partial charge in [-0.2, -0.15) is 0 Å². The van der Waals surface area contributed by atoms with Crippen LogP contribution in [0.4, 0.5) is 4.79 Å². The van der Waals surface area contributed by atoms with E-state index in [1.54, 1.807) is 27.9 Å².